The van der Waals surface area contributed by atoms with Crippen molar-refractivity contribution < 1.29 is 9.53 Å². The summed E-state index contributed by atoms with van der Waals surface area (Å²) in [5.74, 6) is 0.400. The molecule has 2 unspecified atom stereocenters. The van der Waals surface area contributed by atoms with Crippen molar-refractivity contribution in [3.63, 3.8) is 0 Å². The summed E-state index contributed by atoms with van der Waals surface area (Å²) in [5, 5.41) is 0. The van der Waals surface area contributed by atoms with Crippen LogP contribution in [0.4, 0.5) is 5.82 Å². The van der Waals surface area contributed by atoms with Crippen molar-refractivity contribution in [2.75, 3.05) is 32.1 Å². The maximum absolute atomic E-state index is 11.4. The number of rotatable bonds is 2. The number of ether oxygens (including phenoxy) is 1. The van der Waals surface area contributed by atoms with Gasteiger partial charge in [0.1, 0.15) is 5.82 Å². The zero-order chi connectivity index (χ0) is 14.1. The molecule has 0 saturated carbocycles. The largest absolute Gasteiger partial charge is 0.464 e. The fourth-order valence-corrected chi connectivity index (χ4v) is 3.21. The summed E-state index contributed by atoms with van der Waals surface area (Å²) >= 11 is 0. The minimum Gasteiger partial charge on any atom is -0.464 e. The number of anilines is 1. The molecule has 2 fully saturated rings. The summed E-state index contributed by atoms with van der Waals surface area (Å²) in [6.45, 7) is 1.98. The molecule has 1 aromatic heterocycles. The maximum atomic E-state index is 11.4. The van der Waals surface area contributed by atoms with Gasteiger partial charge in [-0.1, -0.05) is 0 Å². The number of methoxy groups -OCH3 is 1. The lowest BCUT2D eigenvalue weighted by Crippen LogP contribution is -2.37. The first-order valence-corrected chi connectivity index (χ1v) is 7.06. The number of aromatic nitrogens is 2. The molecule has 0 N–H and O–H groups in total. The van der Waals surface area contributed by atoms with E-state index in [2.05, 4.69) is 31.6 Å². The molecule has 0 aromatic carbocycles. The van der Waals surface area contributed by atoms with E-state index in [1.54, 1.807) is 6.20 Å². The maximum Gasteiger partial charge on any atom is 0.358 e. The molecule has 2 aliphatic heterocycles. The van der Waals surface area contributed by atoms with Gasteiger partial charge in [0.15, 0.2) is 5.69 Å². The minimum atomic E-state index is -0.446. The second kappa shape index (κ2) is 5.36. The molecule has 20 heavy (non-hydrogen) atoms. The predicted octanol–water partition coefficient (Wildman–Crippen LogP) is 0.936. The van der Waals surface area contributed by atoms with Crippen molar-refractivity contribution in [1.29, 1.82) is 0 Å². The summed E-state index contributed by atoms with van der Waals surface area (Å²) in [4.78, 5) is 24.6. The summed E-state index contributed by atoms with van der Waals surface area (Å²) in [6.07, 6.45) is 6.89. The molecular weight excluding hydrogens is 256 g/mol. The highest BCUT2D eigenvalue weighted by molar-refractivity contribution is 5.86. The Labute approximate surface area is 118 Å². The standard InChI is InChI=1S/C14H20N4O2/c1-17-10-3-4-11(17)9-18(6-5-10)13-8-15-12(7-16-13)14(19)20-2/h7-8,10-11H,3-6,9H2,1-2H3. The lowest BCUT2D eigenvalue weighted by molar-refractivity contribution is 0.0593. The van der Waals surface area contributed by atoms with Gasteiger partial charge in [-0.05, 0) is 26.3 Å². The number of likely N-dealkylation sites (N-methyl/N-ethyl adjacent to an activating group) is 1. The summed E-state index contributed by atoms with van der Waals surface area (Å²) in [6, 6.07) is 1.30. The zero-order valence-corrected chi connectivity index (χ0v) is 12.0. The molecular formula is C14H20N4O2. The molecule has 1 aromatic rings. The number of carbonyl (C=O) groups excluding carboxylic acids is 1. The first-order chi connectivity index (χ1) is 9.69. The van der Waals surface area contributed by atoms with Gasteiger partial charge in [-0.3, -0.25) is 4.90 Å². The van der Waals surface area contributed by atoms with E-state index in [9.17, 15) is 4.79 Å². The lowest BCUT2D eigenvalue weighted by atomic mass is 10.1. The van der Waals surface area contributed by atoms with Crippen LogP contribution in [0.15, 0.2) is 12.4 Å². The molecule has 2 bridgehead atoms. The quantitative estimate of drug-likeness (QED) is 0.749. The Kier molecular flexibility index (Phi) is 3.56. The van der Waals surface area contributed by atoms with E-state index < -0.39 is 5.97 Å². The topological polar surface area (TPSA) is 58.6 Å². The van der Waals surface area contributed by atoms with Crippen molar-refractivity contribution in [1.82, 2.24) is 14.9 Å². The van der Waals surface area contributed by atoms with Gasteiger partial charge < -0.3 is 9.64 Å². The summed E-state index contributed by atoms with van der Waals surface area (Å²) in [5.41, 5.74) is 0.254. The molecule has 6 nitrogen and oxygen atoms in total. The highest BCUT2D eigenvalue weighted by atomic mass is 16.5. The third-order valence-electron chi connectivity index (χ3n) is 4.51. The van der Waals surface area contributed by atoms with Crippen LogP contribution in [0.25, 0.3) is 0 Å². The molecule has 0 radical (unpaired) electrons. The molecule has 2 atom stereocenters. The van der Waals surface area contributed by atoms with Crippen LogP contribution in [-0.4, -0.2) is 60.2 Å². The Morgan fingerprint density at radius 3 is 2.75 bits per heavy atom. The fourth-order valence-electron chi connectivity index (χ4n) is 3.21. The van der Waals surface area contributed by atoms with Gasteiger partial charge in [0.25, 0.3) is 0 Å². The van der Waals surface area contributed by atoms with E-state index in [4.69, 9.17) is 0 Å². The summed E-state index contributed by atoms with van der Waals surface area (Å²) < 4.78 is 4.63. The Hall–Kier alpha value is -1.69. The smallest absolute Gasteiger partial charge is 0.358 e. The highest BCUT2D eigenvalue weighted by Gasteiger charge is 2.34. The monoisotopic (exact) mass is 276 g/mol. The first-order valence-electron chi connectivity index (χ1n) is 7.06. The Bertz CT molecular complexity index is 490. The van der Waals surface area contributed by atoms with Crippen LogP contribution in [0.1, 0.15) is 29.8 Å². The second-order valence-corrected chi connectivity index (χ2v) is 5.54. The summed E-state index contributed by atoms with van der Waals surface area (Å²) in [7, 11) is 3.57. The van der Waals surface area contributed by atoms with E-state index in [1.165, 1.54) is 26.1 Å². The number of carbonyl (C=O) groups is 1. The SMILES string of the molecule is COC(=O)c1cnc(N2CCC3CCC(C2)N3C)cn1. The van der Waals surface area contributed by atoms with Gasteiger partial charge in [-0.2, -0.15) is 0 Å². The van der Waals surface area contributed by atoms with Gasteiger partial charge in [0.2, 0.25) is 0 Å². The van der Waals surface area contributed by atoms with Crippen molar-refractivity contribution in [3.05, 3.63) is 18.1 Å². The van der Waals surface area contributed by atoms with Crippen molar-refractivity contribution >= 4 is 11.8 Å². The third kappa shape index (κ3) is 2.35. The van der Waals surface area contributed by atoms with E-state index in [-0.39, 0.29) is 5.69 Å². The van der Waals surface area contributed by atoms with Gasteiger partial charge >= 0.3 is 5.97 Å². The average molecular weight is 276 g/mol. The van der Waals surface area contributed by atoms with Crippen molar-refractivity contribution in [2.45, 2.75) is 31.3 Å². The van der Waals surface area contributed by atoms with E-state index in [0.29, 0.717) is 12.1 Å². The molecule has 0 amide bonds. The number of hydrogen-bond acceptors (Lipinski definition) is 6. The molecule has 6 heteroatoms. The molecule has 3 heterocycles. The normalized spacial score (nSPS) is 26.4. The fraction of sp³-hybridized carbons (Fsp3) is 0.643. The van der Waals surface area contributed by atoms with E-state index in [1.807, 2.05) is 0 Å². The molecule has 3 rings (SSSR count). The van der Waals surface area contributed by atoms with Crippen LogP contribution < -0.4 is 4.90 Å². The van der Waals surface area contributed by atoms with Gasteiger partial charge in [0, 0.05) is 25.2 Å². The number of esters is 1. The van der Waals surface area contributed by atoms with Crippen LogP contribution in [-0.2, 0) is 4.74 Å². The van der Waals surface area contributed by atoms with Crippen LogP contribution >= 0.6 is 0 Å². The molecule has 2 saturated heterocycles. The van der Waals surface area contributed by atoms with Crippen LogP contribution in [0, 0.1) is 0 Å². The van der Waals surface area contributed by atoms with Crippen molar-refractivity contribution in [2.24, 2.45) is 0 Å². The van der Waals surface area contributed by atoms with Gasteiger partial charge in [-0.25, -0.2) is 14.8 Å². The molecule has 2 aliphatic rings. The predicted molar refractivity (Wildman–Crippen MR) is 74.8 cm³/mol. The Morgan fingerprint density at radius 2 is 2.05 bits per heavy atom. The minimum absolute atomic E-state index is 0.254. The first kappa shape index (κ1) is 13.3. The third-order valence-corrected chi connectivity index (χ3v) is 4.51. The molecule has 0 aliphatic carbocycles. The lowest BCUT2D eigenvalue weighted by Gasteiger charge is -2.26. The number of nitrogens with zero attached hydrogens (tertiary/aromatic N) is 4. The number of hydrogen-bond donors (Lipinski definition) is 0. The van der Waals surface area contributed by atoms with Crippen molar-refractivity contribution in [3.8, 4) is 0 Å². The van der Waals surface area contributed by atoms with E-state index >= 15 is 0 Å². The average Bonchev–Trinajstić information content (AvgIpc) is 2.72. The van der Waals surface area contributed by atoms with Gasteiger partial charge in [-0.15, -0.1) is 0 Å². The highest BCUT2D eigenvalue weighted by Crippen LogP contribution is 2.29. The Morgan fingerprint density at radius 1 is 1.25 bits per heavy atom. The molecule has 108 valence electrons. The second-order valence-electron chi connectivity index (χ2n) is 5.54. The number of fused-ring (bicyclic) bond motifs is 2. The van der Waals surface area contributed by atoms with Crippen LogP contribution in [0.3, 0.4) is 0 Å². The van der Waals surface area contributed by atoms with Crippen LogP contribution in [0.2, 0.25) is 0 Å². The van der Waals surface area contributed by atoms with Gasteiger partial charge in [0.05, 0.1) is 19.5 Å². The molecule has 0 spiro atoms. The van der Waals surface area contributed by atoms with Crippen LogP contribution in [0.5, 0.6) is 0 Å². The Balaban J connectivity index is 1.74. The zero-order valence-electron chi connectivity index (χ0n) is 12.0. The van der Waals surface area contributed by atoms with E-state index in [0.717, 1.165) is 25.3 Å².